The number of carbonyl (C=O) groups excluding carboxylic acids is 1. The van der Waals surface area contributed by atoms with E-state index >= 15 is 0 Å². The molecule has 168 valence electrons. The molecule has 0 aliphatic heterocycles. The molecule has 0 radical (unpaired) electrons. The van der Waals surface area contributed by atoms with Crippen molar-refractivity contribution in [2.75, 3.05) is 19.0 Å². The molecule has 3 aromatic carbocycles. The second-order valence-electron chi connectivity index (χ2n) is 6.76. The first-order valence-corrected chi connectivity index (χ1v) is 11.9. The van der Waals surface area contributed by atoms with Gasteiger partial charge in [0.15, 0.2) is 0 Å². The maximum absolute atomic E-state index is 13.4. The van der Waals surface area contributed by atoms with Crippen LogP contribution < -0.4 is 10.1 Å². The van der Waals surface area contributed by atoms with E-state index < -0.39 is 22.5 Å². The molecule has 0 saturated heterocycles. The van der Waals surface area contributed by atoms with Gasteiger partial charge in [-0.3, -0.25) is 4.79 Å². The van der Waals surface area contributed by atoms with Gasteiger partial charge in [0.2, 0.25) is 15.9 Å². The summed E-state index contributed by atoms with van der Waals surface area (Å²) in [7, 11) is -2.64. The van der Waals surface area contributed by atoms with Crippen LogP contribution in [0, 0.1) is 0 Å². The SMILES string of the molecule is COc1ccc(S(=O)(=O)N(CC(=O)Nc2cc(Cl)cc(Cl)c2)Cc2ccccc2)cc1Cl. The lowest BCUT2D eigenvalue weighted by molar-refractivity contribution is -0.116. The Bertz CT molecular complexity index is 1200. The van der Waals surface area contributed by atoms with Crippen LogP contribution in [0.1, 0.15) is 5.56 Å². The third-order valence-electron chi connectivity index (χ3n) is 4.43. The zero-order valence-electron chi connectivity index (χ0n) is 16.9. The number of sulfonamides is 1. The second kappa shape index (κ2) is 10.6. The van der Waals surface area contributed by atoms with Crippen LogP contribution in [0.2, 0.25) is 15.1 Å². The maximum atomic E-state index is 13.4. The van der Waals surface area contributed by atoms with Crippen molar-refractivity contribution in [2.45, 2.75) is 11.4 Å². The Labute approximate surface area is 201 Å². The highest BCUT2D eigenvalue weighted by molar-refractivity contribution is 7.89. The third kappa shape index (κ3) is 6.15. The van der Waals surface area contributed by atoms with Gasteiger partial charge >= 0.3 is 0 Å². The van der Waals surface area contributed by atoms with Crippen LogP contribution >= 0.6 is 34.8 Å². The first kappa shape index (κ1) is 24.4. The van der Waals surface area contributed by atoms with Gasteiger partial charge in [-0.1, -0.05) is 65.1 Å². The van der Waals surface area contributed by atoms with Crippen molar-refractivity contribution < 1.29 is 17.9 Å². The number of carbonyl (C=O) groups is 1. The van der Waals surface area contributed by atoms with E-state index in [0.717, 1.165) is 4.31 Å². The molecule has 0 heterocycles. The zero-order chi connectivity index (χ0) is 23.3. The molecule has 0 aliphatic rings. The molecule has 0 bridgehead atoms. The van der Waals surface area contributed by atoms with Crippen molar-refractivity contribution in [3.63, 3.8) is 0 Å². The van der Waals surface area contributed by atoms with Gasteiger partial charge < -0.3 is 10.1 Å². The Kier molecular flexibility index (Phi) is 8.03. The first-order valence-electron chi connectivity index (χ1n) is 9.32. The summed E-state index contributed by atoms with van der Waals surface area (Å²) in [5.74, 6) is -0.210. The van der Waals surface area contributed by atoms with E-state index in [1.165, 1.54) is 43.5 Å². The molecule has 1 amide bonds. The molecular weight excluding hydrogens is 495 g/mol. The summed E-state index contributed by atoms with van der Waals surface area (Å²) < 4.78 is 32.9. The minimum absolute atomic E-state index is 0.0173. The van der Waals surface area contributed by atoms with Gasteiger partial charge in [-0.25, -0.2) is 8.42 Å². The van der Waals surface area contributed by atoms with E-state index in [2.05, 4.69) is 5.32 Å². The Morgan fingerprint density at radius 1 is 0.969 bits per heavy atom. The lowest BCUT2D eigenvalue weighted by Crippen LogP contribution is -2.37. The maximum Gasteiger partial charge on any atom is 0.243 e. The highest BCUT2D eigenvalue weighted by Gasteiger charge is 2.28. The standard InChI is InChI=1S/C22H19Cl3N2O4S/c1-31-21-8-7-19(12-20(21)25)32(29,30)27(13-15-5-3-2-4-6-15)14-22(28)26-18-10-16(23)9-17(24)11-18/h2-12H,13-14H2,1H3,(H,26,28). The quantitative estimate of drug-likeness (QED) is 0.432. The minimum atomic E-state index is -4.07. The van der Waals surface area contributed by atoms with Gasteiger partial charge in [-0.05, 0) is 42.0 Å². The molecule has 0 aliphatic carbocycles. The number of benzene rings is 3. The second-order valence-corrected chi connectivity index (χ2v) is 9.98. The minimum Gasteiger partial charge on any atom is -0.495 e. The number of hydrogen-bond acceptors (Lipinski definition) is 4. The summed E-state index contributed by atoms with van der Waals surface area (Å²) in [6, 6.07) is 17.7. The van der Waals surface area contributed by atoms with Crippen LogP contribution in [0.25, 0.3) is 0 Å². The smallest absolute Gasteiger partial charge is 0.243 e. The number of amides is 1. The van der Waals surface area contributed by atoms with Gasteiger partial charge in [0.1, 0.15) is 5.75 Å². The number of rotatable bonds is 8. The lowest BCUT2D eigenvalue weighted by atomic mass is 10.2. The molecule has 0 atom stereocenters. The first-order chi connectivity index (χ1) is 15.2. The summed E-state index contributed by atoms with van der Waals surface area (Å²) in [5.41, 5.74) is 1.08. The fourth-order valence-corrected chi connectivity index (χ4v) is 5.22. The topological polar surface area (TPSA) is 75.7 Å². The highest BCUT2D eigenvalue weighted by Crippen LogP contribution is 2.29. The van der Waals surface area contributed by atoms with E-state index in [0.29, 0.717) is 27.0 Å². The summed E-state index contributed by atoms with van der Waals surface area (Å²) in [4.78, 5) is 12.7. The largest absolute Gasteiger partial charge is 0.495 e. The van der Waals surface area contributed by atoms with Crippen molar-refractivity contribution in [1.82, 2.24) is 4.31 Å². The van der Waals surface area contributed by atoms with Gasteiger partial charge in [-0.2, -0.15) is 4.31 Å². The molecule has 0 fully saturated rings. The van der Waals surface area contributed by atoms with E-state index in [4.69, 9.17) is 39.5 Å². The zero-order valence-corrected chi connectivity index (χ0v) is 20.0. The number of anilines is 1. The molecule has 0 spiro atoms. The van der Waals surface area contributed by atoms with Crippen molar-refractivity contribution in [1.29, 1.82) is 0 Å². The van der Waals surface area contributed by atoms with Crippen molar-refractivity contribution in [3.8, 4) is 5.75 Å². The molecule has 6 nitrogen and oxygen atoms in total. The fraction of sp³-hybridized carbons (Fsp3) is 0.136. The van der Waals surface area contributed by atoms with Gasteiger partial charge in [0.25, 0.3) is 0 Å². The average molecular weight is 514 g/mol. The van der Waals surface area contributed by atoms with E-state index in [-0.39, 0.29) is 16.5 Å². The molecule has 32 heavy (non-hydrogen) atoms. The number of methoxy groups -OCH3 is 1. The Hall–Kier alpha value is -2.29. The van der Waals surface area contributed by atoms with Gasteiger partial charge in [-0.15, -0.1) is 0 Å². The lowest BCUT2D eigenvalue weighted by Gasteiger charge is -2.22. The molecule has 0 aromatic heterocycles. The Balaban J connectivity index is 1.90. The molecule has 10 heteroatoms. The number of nitrogens with one attached hydrogen (secondary N) is 1. The van der Waals surface area contributed by atoms with Crippen molar-refractivity contribution >= 4 is 56.4 Å². The molecule has 3 aromatic rings. The third-order valence-corrected chi connectivity index (χ3v) is 6.95. The predicted octanol–water partition coefficient (Wildman–Crippen LogP) is 5.49. The van der Waals surface area contributed by atoms with Crippen LogP contribution in [0.5, 0.6) is 5.75 Å². The van der Waals surface area contributed by atoms with Crippen LogP contribution in [0.4, 0.5) is 5.69 Å². The van der Waals surface area contributed by atoms with Gasteiger partial charge in [0, 0.05) is 22.3 Å². The van der Waals surface area contributed by atoms with Crippen LogP contribution in [0.3, 0.4) is 0 Å². The van der Waals surface area contributed by atoms with Crippen LogP contribution in [-0.4, -0.2) is 32.3 Å². The predicted molar refractivity (Wildman–Crippen MR) is 127 cm³/mol. The summed E-state index contributed by atoms with van der Waals surface area (Å²) in [6.07, 6.45) is 0. The van der Waals surface area contributed by atoms with E-state index in [9.17, 15) is 13.2 Å². The van der Waals surface area contributed by atoms with Crippen molar-refractivity contribution in [3.05, 3.63) is 87.4 Å². The Morgan fingerprint density at radius 2 is 1.62 bits per heavy atom. The number of nitrogens with zero attached hydrogens (tertiary/aromatic N) is 1. The van der Waals surface area contributed by atoms with Gasteiger partial charge in [0.05, 0.1) is 23.6 Å². The number of ether oxygens (including phenoxy) is 1. The van der Waals surface area contributed by atoms with E-state index in [1.807, 2.05) is 6.07 Å². The van der Waals surface area contributed by atoms with Crippen LogP contribution in [-0.2, 0) is 21.4 Å². The number of hydrogen-bond donors (Lipinski definition) is 1. The average Bonchev–Trinajstić information content (AvgIpc) is 2.73. The summed E-state index contributed by atoms with van der Waals surface area (Å²) in [6.45, 7) is -0.457. The normalized spacial score (nSPS) is 11.4. The summed E-state index contributed by atoms with van der Waals surface area (Å²) >= 11 is 18.1. The Morgan fingerprint density at radius 3 is 2.22 bits per heavy atom. The summed E-state index contributed by atoms with van der Waals surface area (Å²) in [5, 5.41) is 3.46. The van der Waals surface area contributed by atoms with E-state index in [1.54, 1.807) is 24.3 Å². The highest BCUT2D eigenvalue weighted by atomic mass is 35.5. The molecule has 0 saturated carbocycles. The number of halogens is 3. The molecule has 1 N–H and O–H groups in total. The van der Waals surface area contributed by atoms with Crippen molar-refractivity contribution in [2.24, 2.45) is 0 Å². The molecule has 0 unspecified atom stereocenters. The molecular formula is C22H19Cl3N2O4S. The van der Waals surface area contributed by atoms with Crippen LogP contribution in [0.15, 0.2) is 71.6 Å². The fourth-order valence-electron chi connectivity index (χ4n) is 2.96. The monoisotopic (exact) mass is 512 g/mol. The molecule has 3 rings (SSSR count).